The number of para-hydroxylation sites is 1. The number of carboxylic acid groups (broad SMARTS) is 1. The zero-order valence-corrected chi connectivity index (χ0v) is 19.8. The van der Waals surface area contributed by atoms with Gasteiger partial charge in [0, 0.05) is 11.5 Å². The topological polar surface area (TPSA) is 108 Å². The van der Waals surface area contributed by atoms with Gasteiger partial charge in [-0.25, -0.2) is 9.59 Å². The van der Waals surface area contributed by atoms with Crippen molar-refractivity contribution < 1.29 is 37.7 Å². The molecule has 4 N–H and O–H groups in total. The predicted octanol–water partition coefficient (Wildman–Crippen LogP) is 4.90. The van der Waals surface area contributed by atoms with Crippen LogP contribution < -0.4 is 10.6 Å². The zero-order valence-electron chi connectivity index (χ0n) is 19.8. The second-order valence-electron chi connectivity index (χ2n) is 9.51. The van der Waals surface area contributed by atoms with Crippen molar-refractivity contribution in [2.75, 3.05) is 19.0 Å². The molecule has 0 radical (unpaired) electrons. The lowest BCUT2D eigenvalue weighted by Gasteiger charge is -2.56. The van der Waals surface area contributed by atoms with Gasteiger partial charge in [-0.3, -0.25) is 0 Å². The smallest absolute Gasteiger partial charge is 0.490 e. The molecule has 2 aromatic carbocycles. The molecular formula is C26H29F3N2O5. The molecule has 1 heterocycles. The number of hydrogen-bond donors (Lipinski definition) is 4. The molecule has 2 aromatic rings. The van der Waals surface area contributed by atoms with E-state index in [1.807, 2.05) is 18.2 Å². The summed E-state index contributed by atoms with van der Waals surface area (Å²) in [6.45, 7) is 1.06. The maximum absolute atomic E-state index is 12.1. The van der Waals surface area contributed by atoms with E-state index in [0.717, 1.165) is 19.4 Å². The lowest BCUT2D eigenvalue weighted by molar-refractivity contribution is -0.192. The Balaban J connectivity index is 0.000000384. The molecule has 2 fully saturated rings. The number of benzene rings is 2. The largest absolute Gasteiger partial charge is 0.506 e. The molecular weight excluding hydrogens is 477 g/mol. The van der Waals surface area contributed by atoms with E-state index in [2.05, 4.69) is 16.7 Å². The van der Waals surface area contributed by atoms with Gasteiger partial charge < -0.3 is 25.6 Å². The van der Waals surface area contributed by atoms with Gasteiger partial charge >= 0.3 is 18.1 Å². The lowest BCUT2D eigenvalue weighted by atomic mass is 9.53. The summed E-state index contributed by atoms with van der Waals surface area (Å²) in [4.78, 5) is 21.0. The molecule has 36 heavy (non-hydrogen) atoms. The highest BCUT2D eigenvalue weighted by Crippen LogP contribution is 2.55. The molecule has 0 unspecified atom stereocenters. The van der Waals surface area contributed by atoms with E-state index in [9.17, 15) is 23.1 Å². The average Bonchev–Trinajstić information content (AvgIpc) is 2.85. The Hall–Kier alpha value is -3.27. The van der Waals surface area contributed by atoms with Gasteiger partial charge in [-0.15, -0.1) is 0 Å². The summed E-state index contributed by atoms with van der Waals surface area (Å²) in [5.74, 6) is -2.23. The van der Waals surface area contributed by atoms with Gasteiger partial charge in [-0.1, -0.05) is 25.0 Å². The fourth-order valence-electron chi connectivity index (χ4n) is 6.10. The Bertz CT molecular complexity index is 1150. The van der Waals surface area contributed by atoms with Crippen LogP contribution in [0.2, 0.25) is 0 Å². The van der Waals surface area contributed by atoms with Crippen LogP contribution in [0.5, 0.6) is 5.75 Å². The monoisotopic (exact) mass is 506 g/mol. The summed E-state index contributed by atoms with van der Waals surface area (Å²) in [5.41, 5.74) is 4.61. The van der Waals surface area contributed by atoms with Crippen molar-refractivity contribution in [3.63, 3.8) is 0 Å². The number of alkyl halides is 3. The van der Waals surface area contributed by atoms with Crippen LogP contribution in [0.25, 0.3) is 0 Å². The second kappa shape index (κ2) is 10.0. The highest BCUT2D eigenvalue weighted by molar-refractivity contribution is 5.96. The molecule has 0 spiro atoms. The number of fused-ring (bicyclic) bond motifs is 1. The number of nitrogens with one attached hydrogen (secondary N) is 2. The first-order valence-corrected chi connectivity index (χ1v) is 11.9. The molecule has 1 saturated heterocycles. The normalized spacial score (nSPS) is 24.3. The van der Waals surface area contributed by atoms with Crippen LogP contribution >= 0.6 is 0 Å². The Morgan fingerprint density at radius 1 is 1.14 bits per heavy atom. The highest BCUT2D eigenvalue weighted by Gasteiger charge is 2.51. The Morgan fingerprint density at radius 3 is 2.56 bits per heavy atom. The number of hydrogen-bond acceptors (Lipinski definition) is 6. The molecule has 3 aliphatic rings. The summed E-state index contributed by atoms with van der Waals surface area (Å²) in [6.07, 6.45) is 2.16. The van der Waals surface area contributed by atoms with Crippen molar-refractivity contribution in [3.05, 3.63) is 53.1 Å². The van der Waals surface area contributed by atoms with Gasteiger partial charge in [-0.05, 0) is 73.5 Å². The molecule has 0 aromatic heterocycles. The fourth-order valence-corrected chi connectivity index (χ4v) is 6.10. The number of carbonyl (C=O) groups is 2. The Labute approximate surface area is 206 Å². The minimum atomic E-state index is -5.08. The van der Waals surface area contributed by atoms with Crippen LogP contribution in [0.4, 0.5) is 24.5 Å². The van der Waals surface area contributed by atoms with Crippen LogP contribution in [-0.4, -0.2) is 48.0 Å². The maximum Gasteiger partial charge on any atom is 0.490 e. The molecule has 3 atom stereocenters. The summed E-state index contributed by atoms with van der Waals surface area (Å²) in [6, 6.07) is 11.8. The molecule has 0 amide bonds. The minimum absolute atomic E-state index is 0.210. The third-order valence-electron chi connectivity index (χ3n) is 7.60. The number of rotatable bonds is 3. The van der Waals surface area contributed by atoms with E-state index in [-0.39, 0.29) is 11.2 Å². The number of anilines is 2. The van der Waals surface area contributed by atoms with E-state index >= 15 is 0 Å². The summed E-state index contributed by atoms with van der Waals surface area (Å²) in [7, 11) is 1.38. The fraction of sp³-hybridized carbons (Fsp3) is 0.462. The van der Waals surface area contributed by atoms with Crippen LogP contribution in [-0.2, 0) is 21.4 Å². The molecule has 7 nitrogen and oxygen atoms in total. The average molecular weight is 507 g/mol. The molecule has 5 rings (SSSR count). The number of aliphatic carboxylic acids is 1. The van der Waals surface area contributed by atoms with E-state index in [0.29, 0.717) is 28.9 Å². The van der Waals surface area contributed by atoms with Crippen molar-refractivity contribution in [1.82, 2.24) is 5.32 Å². The van der Waals surface area contributed by atoms with Crippen molar-refractivity contribution in [1.29, 1.82) is 0 Å². The quantitative estimate of drug-likeness (QED) is 0.346. The number of phenols is 1. The van der Waals surface area contributed by atoms with E-state index in [1.165, 1.54) is 43.9 Å². The number of carboxylic acids is 1. The van der Waals surface area contributed by atoms with Gasteiger partial charge in [0.25, 0.3) is 0 Å². The van der Waals surface area contributed by atoms with E-state index in [1.54, 1.807) is 12.1 Å². The number of piperidine rings is 1. The number of methoxy groups -OCH3 is 1. The zero-order chi connectivity index (χ0) is 26.1. The predicted molar refractivity (Wildman–Crippen MR) is 127 cm³/mol. The molecule has 1 saturated carbocycles. The maximum atomic E-state index is 12.1. The lowest BCUT2D eigenvalue weighted by Crippen LogP contribution is -2.59. The van der Waals surface area contributed by atoms with Crippen LogP contribution in [0.3, 0.4) is 0 Å². The van der Waals surface area contributed by atoms with Crippen molar-refractivity contribution in [3.8, 4) is 5.75 Å². The molecule has 10 heteroatoms. The standard InChI is InChI=1S/C24H28N2O3.C2HF3O2/c1-29-23(28)16-6-2-3-8-19(16)26-21-13-15-12-20-17-7-4-5-9-24(17,10-11-25-20)18(15)14-22(21)27;3-2(4,5)1(6)7/h2-3,6,8,13-14,17,20,25-27H,4-5,7,9-12H2,1H3;(H,6,7)/t17-,20+,24+;/m1./s1. The third kappa shape index (κ3) is 4.86. The molecule has 2 aliphatic carbocycles. The first-order chi connectivity index (χ1) is 17.1. The van der Waals surface area contributed by atoms with Gasteiger partial charge in [-0.2, -0.15) is 13.2 Å². The summed E-state index contributed by atoms with van der Waals surface area (Å²) >= 11 is 0. The van der Waals surface area contributed by atoms with E-state index < -0.39 is 18.1 Å². The van der Waals surface area contributed by atoms with Crippen LogP contribution in [0.15, 0.2) is 36.4 Å². The van der Waals surface area contributed by atoms with Gasteiger partial charge in [0.1, 0.15) is 5.75 Å². The first kappa shape index (κ1) is 25.8. The Kier molecular flexibility index (Phi) is 7.17. The first-order valence-electron chi connectivity index (χ1n) is 11.9. The number of phenolic OH excluding ortho intramolecular Hbond substituents is 1. The molecule has 2 bridgehead atoms. The molecule has 194 valence electrons. The van der Waals surface area contributed by atoms with Crippen LogP contribution in [0.1, 0.15) is 53.6 Å². The van der Waals surface area contributed by atoms with Crippen molar-refractivity contribution in [2.24, 2.45) is 5.92 Å². The number of esters is 1. The van der Waals surface area contributed by atoms with Gasteiger partial charge in [0.05, 0.1) is 24.0 Å². The number of aromatic hydroxyl groups is 1. The van der Waals surface area contributed by atoms with E-state index in [4.69, 9.17) is 14.6 Å². The Morgan fingerprint density at radius 2 is 1.86 bits per heavy atom. The summed E-state index contributed by atoms with van der Waals surface area (Å²) in [5, 5.41) is 25.1. The number of ether oxygens (including phenoxy) is 1. The number of carbonyl (C=O) groups excluding carboxylic acids is 1. The molecule has 1 aliphatic heterocycles. The third-order valence-corrected chi connectivity index (χ3v) is 7.60. The highest BCUT2D eigenvalue weighted by atomic mass is 19.4. The van der Waals surface area contributed by atoms with Crippen LogP contribution in [0, 0.1) is 5.92 Å². The second-order valence-corrected chi connectivity index (χ2v) is 9.51. The van der Waals surface area contributed by atoms with Gasteiger partial charge in [0.2, 0.25) is 0 Å². The summed E-state index contributed by atoms with van der Waals surface area (Å²) < 4.78 is 36.6. The minimum Gasteiger partial charge on any atom is -0.506 e. The van der Waals surface area contributed by atoms with Gasteiger partial charge in [0.15, 0.2) is 0 Å². The van der Waals surface area contributed by atoms with Crippen molar-refractivity contribution >= 4 is 23.3 Å². The van der Waals surface area contributed by atoms with Crippen molar-refractivity contribution in [2.45, 2.75) is 56.2 Å². The SMILES string of the molecule is COC(=O)c1ccccc1Nc1cc2c(cc1O)[C@]13CCCC[C@@H]1[C@H](C2)NCC3.O=C(O)C(F)(F)F. The number of halogens is 3.